The lowest BCUT2D eigenvalue weighted by atomic mass is 10.1. The van der Waals surface area contributed by atoms with E-state index in [9.17, 15) is 4.79 Å². The first kappa shape index (κ1) is 11.3. The maximum Gasteiger partial charge on any atom is 0.254 e. The van der Waals surface area contributed by atoms with Gasteiger partial charge in [-0.2, -0.15) is 5.26 Å². The Morgan fingerprint density at radius 3 is 2.39 bits per heavy atom. The Balaban J connectivity index is 1.75. The maximum atomic E-state index is 12.4. The van der Waals surface area contributed by atoms with Gasteiger partial charge in [0.25, 0.3) is 5.91 Å². The summed E-state index contributed by atoms with van der Waals surface area (Å²) < 4.78 is 0. The molecule has 2 aliphatic rings. The normalized spacial score (nSPS) is 18.2. The van der Waals surface area contributed by atoms with E-state index in [1.54, 1.807) is 24.3 Å². The van der Waals surface area contributed by atoms with Crippen LogP contribution in [0.15, 0.2) is 24.3 Å². The second-order valence-electron chi connectivity index (χ2n) is 5.32. The van der Waals surface area contributed by atoms with E-state index in [0.29, 0.717) is 17.2 Å². The third kappa shape index (κ3) is 2.38. The zero-order valence-electron chi connectivity index (χ0n) is 10.3. The van der Waals surface area contributed by atoms with Crippen molar-refractivity contribution in [3.63, 3.8) is 0 Å². The number of hydrogen-bond donors (Lipinski definition) is 0. The molecule has 2 fully saturated rings. The zero-order chi connectivity index (χ0) is 12.5. The number of carbonyl (C=O) groups is 1. The van der Waals surface area contributed by atoms with Gasteiger partial charge in [0.1, 0.15) is 0 Å². The van der Waals surface area contributed by atoms with E-state index in [1.807, 2.05) is 4.90 Å². The second kappa shape index (κ2) is 4.45. The number of rotatable bonds is 4. The number of amides is 1. The molecule has 3 nitrogen and oxygen atoms in total. The van der Waals surface area contributed by atoms with E-state index in [4.69, 9.17) is 5.26 Å². The van der Waals surface area contributed by atoms with Crippen molar-refractivity contribution in [2.24, 2.45) is 5.92 Å². The topological polar surface area (TPSA) is 44.1 Å². The van der Waals surface area contributed by atoms with E-state index in [0.717, 1.165) is 25.3 Å². The quantitative estimate of drug-likeness (QED) is 0.811. The monoisotopic (exact) mass is 240 g/mol. The average molecular weight is 240 g/mol. The van der Waals surface area contributed by atoms with E-state index in [2.05, 4.69) is 6.07 Å². The van der Waals surface area contributed by atoms with Gasteiger partial charge in [0.05, 0.1) is 11.6 Å². The Labute approximate surface area is 107 Å². The summed E-state index contributed by atoms with van der Waals surface area (Å²) in [6.45, 7) is 0.920. The molecule has 1 aromatic rings. The van der Waals surface area contributed by atoms with Gasteiger partial charge in [0.2, 0.25) is 0 Å². The van der Waals surface area contributed by atoms with Crippen LogP contribution in [0.4, 0.5) is 0 Å². The summed E-state index contributed by atoms with van der Waals surface area (Å²) in [5.41, 5.74) is 1.31. The SMILES string of the molecule is N#Cc1ccc(C(=O)N(CC2CC2)C2CC2)cc1. The molecule has 2 saturated carbocycles. The van der Waals surface area contributed by atoms with Gasteiger partial charge in [-0.05, 0) is 55.9 Å². The van der Waals surface area contributed by atoms with Crippen LogP contribution in [0.2, 0.25) is 0 Å². The largest absolute Gasteiger partial charge is 0.335 e. The fourth-order valence-corrected chi connectivity index (χ4v) is 2.22. The average Bonchev–Trinajstić information content (AvgIpc) is 3.28. The molecule has 0 saturated heterocycles. The van der Waals surface area contributed by atoms with Crippen LogP contribution in [0.25, 0.3) is 0 Å². The minimum Gasteiger partial charge on any atom is -0.335 e. The van der Waals surface area contributed by atoms with Crippen LogP contribution >= 0.6 is 0 Å². The molecule has 2 aliphatic carbocycles. The van der Waals surface area contributed by atoms with Crippen LogP contribution < -0.4 is 0 Å². The van der Waals surface area contributed by atoms with Gasteiger partial charge in [-0.3, -0.25) is 4.79 Å². The van der Waals surface area contributed by atoms with Crippen molar-refractivity contribution in [1.29, 1.82) is 5.26 Å². The van der Waals surface area contributed by atoms with Crippen molar-refractivity contribution in [1.82, 2.24) is 4.90 Å². The first-order valence-corrected chi connectivity index (χ1v) is 6.59. The van der Waals surface area contributed by atoms with Gasteiger partial charge in [-0.25, -0.2) is 0 Å². The highest BCUT2D eigenvalue weighted by Crippen LogP contribution is 2.35. The van der Waals surface area contributed by atoms with Crippen molar-refractivity contribution in [2.75, 3.05) is 6.54 Å². The molecule has 0 bridgehead atoms. The first-order valence-electron chi connectivity index (χ1n) is 6.59. The molecule has 1 amide bonds. The fraction of sp³-hybridized carbons (Fsp3) is 0.467. The predicted octanol–water partition coefficient (Wildman–Crippen LogP) is 2.57. The third-order valence-electron chi connectivity index (χ3n) is 3.66. The number of nitrogens with zero attached hydrogens (tertiary/aromatic N) is 2. The van der Waals surface area contributed by atoms with Gasteiger partial charge in [-0.15, -0.1) is 0 Å². The van der Waals surface area contributed by atoms with Gasteiger partial charge < -0.3 is 4.90 Å². The highest BCUT2D eigenvalue weighted by atomic mass is 16.2. The molecule has 0 aliphatic heterocycles. The molecule has 0 unspecified atom stereocenters. The van der Waals surface area contributed by atoms with E-state index in [1.165, 1.54) is 12.8 Å². The Hall–Kier alpha value is -1.82. The predicted molar refractivity (Wildman–Crippen MR) is 67.9 cm³/mol. The maximum absolute atomic E-state index is 12.4. The number of benzene rings is 1. The lowest BCUT2D eigenvalue weighted by Crippen LogP contribution is -2.34. The molecule has 3 rings (SSSR count). The summed E-state index contributed by atoms with van der Waals surface area (Å²) in [6, 6.07) is 9.51. The summed E-state index contributed by atoms with van der Waals surface area (Å²) in [5, 5.41) is 8.76. The first-order chi connectivity index (χ1) is 8.78. The van der Waals surface area contributed by atoms with Crippen molar-refractivity contribution in [3.8, 4) is 6.07 Å². The van der Waals surface area contributed by atoms with Crippen molar-refractivity contribution in [2.45, 2.75) is 31.7 Å². The van der Waals surface area contributed by atoms with Gasteiger partial charge in [-0.1, -0.05) is 0 Å². The Morgan fingerprint density at radius 2 is 1.89 bits per heavy atom. The fourth-order valence-electron chi connectivity index (χ4n) is 2.22. The molecule has 0 spiro atoms. The van der Waals surface area contributed by atoms with Crippen LogP contribution in [0.1, 0.15) is 41.6 Å². The molecule has 0 heterocycles. The van der Waals surface area contributed by atoms with Gasteiger partial charge >= 0.3 is 0 Å². The summed E-state index contributed by atoms with van der Waals surface area (Å²) in [4.78, 5) is 14.5. The summed E-state index contributed by atoms with van der Waals surface area (Å²) in [7, 11) is 0. The molecular formula is C15H16N2O. The molecule has 0 atom stereocenters. The van der Waals surface area contributed by atoms with Crippen LogP contribution in [0.3, 0.4) is 0 Å². The lowest BCUT2D eigenvalue weighted by molar-refractivity contribution is 0.0735. The molecule has 1 aromatic carbocycles. The van der Waals surface area contributed by atoms with E-state index >= 15 is 0 Å². The molecule has 92 valence electrons. The minimum absolute atomic E-state index is 0.133. The van der Waals surface area contributed by atoms with Crippen LogP contribution in [-0.4, -0.2) is 23.4 Å². The number of hydrogen-bond acceptors (Lipinski definition) is 2. The molecule has 0 N–H and O–H groups in total. The Morgan fingerprint density at radius 1 is 1.22 bits per heavy atom. The van der Waals surface area contributed by atoms with Crippen molar-refractivity contribution >= 4 is 5.91 Å². The van der Waals surface area contributed by atoms with Crippen molar-refractivity contribution < 1.29 is 4.79 Å². The molecule has 0 radical (unpaired) electrons. The van der Waals surface area contributed by atoms with E-state index in [-0.39, 0.29) is 5.91 Å². The molecular weight excluding hydrogens is 224 g/mol. The minimum atomic E-state index is 0.133. The van der Waals surface area contributed by atoms with Crippen LogP contribution in [-0.2, 0) is 0 Å². The summed E-state index contributed by atoms with van der Waals surface area (Å²) >= 11 is 0. The van der Waals surface area contributed by atoms with E-state index < -0.39 is 0 Å². The third-order valence-corrected chi connectivity index (χ3v) is 3.66. The van der Waals surface area contributed by atoms with Crippen molar-refractivity contribution in [3.05, 3.63) is 35.4 Å². The van der Waals surface area contributed by atoms with Gasteiger partial charge in [0.15, 0.2) is 0 Å². The summed E-state index contributed by atoms with van der Waals surface area (Å²) in [5.74, 6) is 0.863. The Bertz CT molecular complexity index is 492. The lowest BCUT2D eigenvalue weighted by Gasteiger charge is -2.22. The van der Waals surface area contributed by atoms with Crippen LogP contribution in [0.5, 0.6) is 0 Å². The standard InChI is InChI=1S/C15H16N2O/c16-9-11-3-5-13(6-4-11)15(18)17(14-7-8-14)10-12-1-2-12/h3-6,12,14H,1-2,7-8,10H2. The number of nitriles is 1. The smallest absolute Gasteiger partial charge is 0.254 e. The zero-order valence-corrected chi connectivity index (χ0v) is 10.3. The summed E-state index contributed by atoms with van der Waals surface area (Å²) in [6.07, 6.45) is 4.83. The molecule has 0 aromatic heterocycles. The van der Waals surface area contributed by atoms with Gasteiger partial charge in [0, 0.05) is 18.2 Å². The highest BCUT2D eigenvalue weighted by molar-refractivity contribution is 5.94. The Kier molecular flexibility index (Phi) is 2.79. The number of carbonyl (C=O) groups excluding carboxylic acids is 1. The molecule has 3 heteroatoms. The second-order valence-corrected chi connectivity index (χ2v) is 5.32. The highest BCUT2D eigenvalue weighted by Gasteiger charge is 2.36. The van der Waals surface area contributed by atoms with Crippen LogP contribution in [0, 0.1) is 17.2 Å². The molecule has 18 heavy (non-hydrogen) atoms.